The van der Waals surface area contributed by atoms with E-state index >= 15 is 0 Å². The van der Waals surface area contributed by atoms with Gasteiger partial charge < -0.3 is 35.1 Å². The largest absolute Gasteiger partial charge is 0.493 e. The zero-order chi connectivity index (χ0) is 36.0. The zero-order valence-corrected chi connectivity index (χ0v) is 30.7. The minimum atomic E-state index is -1.05. The molecule has 0 radical (unpaired) electrons. The van der Waals surface area contributed by atoms with Gasteiger partial charge in [0.25, 0.3) is 0 Å². The molecule has 3 aromatic carbocycles. The topological polar surface area (TPSA) is 149 Å². The van der Waals surface area contributed by atoms with Crippen molar-refractivity contribution in [1.29, 1.82) is 0 Å². The second-order valence-electron chi connectivity index (χ2n) is 12.8. The summed E-state index contributed by atoms with van der Waals surface area (Å²) in [5.74, 6) is 0.695. The Labute approximate surface area is 295 Å². The molecule has 4 aromatic rings. The second kappa shape index (κ2) is 15.6. The number of methoxy groups -OCH3 is 2. The van der Waals surface area contributed by atoms with E-state index in [1.165, 1.54) is 0 Å². The number of nitrogens with two attached hydrogens (primary N) is 1. The van der Waals surface area contributed by atoms with Crippen LogP contribution in [0.5, 0.6) is 11.5 Å². The lowest BCUT2D eigenvalue weighted by Gasteiger charge is -2.33. The summed E-state index contributed by atoms with van der Waals surface area (Å²) in [6, 6.07) is 15.0. The van der Waals surface area contributed by atoms with Crippen molar-refractivity contribution in [2.24, 2.45) is 5.73 Å². The first-order chi connectivity index (χ1) is 23.1. The Bertz CT molecular complexity index is 1810. The van der Waals surface area contributed by atoms with E-state index in [0.717, 1.165) is 38.0 Å². The minimum absolute atomic E-state index is 0.129. The number of carbonyl (C=O) groups is 3. The van der Waals surface area contributed by atoms with Crippen LogP contribution >= 0.6 is 15.9 Å². The molecule has 12 heteroatoms. The molecular formula is C37H44BrN5O6. The molecule has 0 bridgehead atoms. The third-order valence-electron chi connectivity index (χ3n) is 8.08. The SMILES string of the molecule is COc1ccc(CN(C(=O)[C@H](Cc2c(C)cc(C(N)=O)cc2C)NC(=O)OC(C)(C)C)[C@@H](C)c2ncc(-c3ccccc3Br)[nH]2)cc1OC. The maximum absolute atomic E-state index is 14.9. The molecule has 2 atom stereocenters. The van der Waals surface area contributed by atoms with E-state index in [0.29, 0.717) is 22.9 Å². The van der Waals surface area contributed by atoms with Crippen LogP contribution in [0.25, 0.3) is 11.3 Å². The van der Waals surface area contributed by atoms with Gasteiger partial charge in [-0.25, -0.2) is 9.78 Å². The highest BCUT2D eigenvalue weighted by molar-refractivity contribution is 9.10. The van der Waals surface area contributed by atoms with E-state index in [4.69, 9.17) is 19.9 Å². The third-order valence-corrected chi connectivity index (χ3v) is 8.78. The fourth-order valence-electron chi connectivity index (χ4n) is 5.61. The van der Waals surface area contributed by atoms with Crippen LogP contribution in [-0.2, 0) is 22.5 Å². The molecule has 260 valence electrons. The smallest absolute Gasteiger partial charge is 0.408 e. The molecule has 0 unspecified atom stereocenters. The van der Waals surface area contributed by atoms with Gasteiger partial charge in [0.05, 0.1) is 32.2 Å². The van der Waals surface area contributed by atoms with Crippen LogP contribution in [0.2, 0.25) is 0 Å². The molecule has 0 aliphatic heterocycles. The number of alkyl carbamates (subject to hydrolysis) is 1. The van der Waals surface area contributed by atoms with Crippen LogP contribution in [0, 0.1) is 13.8 Å². The number of aromatic amines is 1. The fraction of sp³-hybridized carbons (Fsp3) is 0.351. The zero-order valence-electron chi connectivity index (χ0n) is 29.1. The lowest BCUT2D eigenvalue weighted by atomic mass is 9.93. The van der Waals surface area contributed by atoms with Gasteiger partial charge in [-0.05, 0) is 94.1 Å². The van der Waals surface area contributed by atoms with Gasteiger partial charge >= 0.3 is 6.09 Å². The van der Waals surface area contributed by atoms with Crippen LogP contribution < -0.4 is 20.5 Å². The summed E-state index contributed by atoms with van der Waals surface area (Å²) in [6.45, 7) is 11.0. The number of primary amides is 1. The van der Waals surface area contributed by atoms with Gasteiger partial charge in [0.15, 0.2) is 11.5 Å². The summed E-state index contributed by atoms with van der Waals surface area (Å²) in [5.41, 5.74) is 9.92. The number of rotatable bonds is 12. The first-order valence-corrected chi connectivity index (χ1v) is 16.6. The molecule has 1 heterocycles. The number of halogens is 1. The van der Waals surface area contributed by atoms with Crippen molar-refractivity contribution in [1.82, 2.24) is 20.2 Å². The van der Waals surface area contributed by atoms with E-state index in [1.807, 2.05) is 57.2 Å². The lowest BCUT2D eigenvalue weighted by Crippen LogP contribution is -2.51. The Hall–Kier alpha value is -4.84. The molecule has 0 spiro atoms. The number of hydrogen-bond donors (Lipinski definition) is 3. The van der Waals surface area contributed by atoms with Gasteiger partial charge in [-0.1, -0.05) is 40.2 Å². The van der Waals surface area contributed by atoms with Crippen LogP contribution in [-0.4, -0.2) is 58.6 Å². The van der Waals surface area contributed by atoms with Crippen molar-refractivity contribution in [3.05, 3.63) is 98.9 Å². The van der Waals surface area contributed by atoms with E-state index in [9.17, 15) is 14.4 Å². The summed E-state index contributed by atoms with van der Waals surface area (Å²) in [6.07, 6.45) is 1.13. The highest BCUT2D eigenvalue weighted by atomic mass is 79.9. The van der Waals surface area contributed by atoms with Gasteiger partial charge in [-0.2, -0.15) is 0 Å². The minimum Gasteiger partial charge on any atom is -0.493 e. The third kappa shape index (κ3) is 9.20. The van der Waals surface area contributed by atoms with E-state index in [1.54, 1.807) is 64.3 Å². The predicted molar refractivity (Wildman–Crippen MR) is 192 cm³/mol. The number of H-pyrrole nitrogens is 1. The number of amides is 3. The van der Waals surface area contributed by atoms with Crippen molar-refractivity contribution in [2.45, 2.75) is 72.2 Å². The number of aromatic nitrogens is 2. The van der Waals surface area contributed by atoms with Crippen LogP contribution in [0.3, 0.4) is 0 Å². The second-order valence-corrected chi connectivity index (χ2v) is 13.7. The standard InChI is InChI=1S/C37H44BrN5O6/c1-21-15-25(33(39)44)16-22(2)27(21)18-29(42-36(46)49-37(4,5)6)35(45)43(20-24-13-14-31(47-7)32(17-24)48-8)23(3)34-40-19-30(41-34)26-11-9-10-12-28(26)38/h9-17,19,23,29H,18,20H2,1-8H3,(H2,39,44)(H,40,41)(H,42,46)/t23-,29-/m0/s1. The number of hydrogen-bond acceptors (Lipinski definition) is 7. The van der Waals surface area contributed by atoms with Gasteiger partial charge in [-0.3, -0.25) is 9.59 Å². The average molecular weight is 735 g/mol. The molecule has 1 aromatic heterocycles. The number of nitrogens with zero attached hydrogens (tertiary/aromatic N) is 2. The number of aryl methyl sites for hydroxylation is 2. The average Bonchev–Trinajstić information content (AvgIpc) is 3.53. The molecule has 0 aliphatic rings. The van der Waals surface area contributed by atoms with Gasteiger partial charge in [-0.15, -0.1) is 0 Å². The van der Waals surface area contributed by atoms with Crippen LogP contribution in [0.15, 0.2) is 65.3 Å². The Morgan fingerprint density at radius 2 is 1.65 bits per heavy atom. The molecule has 49 heavy (non-hydrogen) atoms. The van der Waals surface area contributed by atoms with Gasteiger partial charge in [0, 0.05) is 28.6 Å². The van der Waals surface area contributed by atoms with Crippen molar-refractivity contribution < 1.29 is 28.6 Å². The molecule has 0 saturated heterocycles. The number of carbonyl (C=O) groups excluding carboxylic acids is 3. The fourth-order valence-corrected chi connectivity index (χ4v) is 6.10. The highest BCUT2D eigenvalue weighted by Crippen LogP contribution is 2.32. The Balaban J connectivity index is 1.79. The molecule has 4 N–H and O–H groups in total. The molecule has 4 rings (SSSR count). The van der Waals surface area contributed by atoms with Crippen LogP contribution in [0.4, 0.5) is 4.79 Å². The maximum Gasteiger partial charge on any atom is 0.408 e. The monoisotopic (exact) mass is 733 g/mol. The number of imidazole rings is 1. The predicted octanol–water partition coefficient (Wildman–Crippen LogP) is 6.80. The maximum atomic E-state index is 14.9. The van der Waals surface area contributed by atoms with Crippen LogP contribution in [0.1, 0.15) is 72.2 Å². The van der Waals surface area contributed by atoms with Crippen molar-refractivity contribution in [3.8, 4) is 22.8 Å². The summed E-state index contributed by atoms with van der Waals surface area (Å²) in [5, 5.41) is 2.84. The Kier molecular flexibility index (Phi) is 11.8. The molecule has 0 saturated carbocycles. The first-order valence-electron chi connectivity index (χ1n) is 15.8. The molecule has 11 nitrogen and oxygen atoms in total. The van der Waals surface area contributed by atoms with E-state index in [-0.39, 0.29) is 18.9 Å². The lowest BCUT2D eigenvalue weighted by molar-refractivity contribution is -0.136. The summed E-state index contributed by atoms with van der Waals surface area (Å²) >= 11 is 3.61. The van der Waals surface area contributed by atoms with E-state index < -0.39 is 29.7 Å². The van der Waals surface area contributed by atoms with Crippen molar-refractivity contribution in [3.63, 3.8) is 0 Å². The number of benzene rings is 3. The molecular weight excluding hydrogens is 690 g/mol. The summed E-state index contributed by atoms with van der Waals surface area (Å²) in [7, 11) is 3.11. The van der Waals surface area contributed by atoms with Gasteiger partial charge in [0.1, 0.15) is 17.5 Å². The summed E-state index contributed by atoms with van der Waals surface area (Å²) < 4.78 is 17.5. The molecule has 3 amide bonds. The number of nitrogens with one attached hydrogen (secondary N) is 2. The molecule has 0 fully saturated rings. The Morgan fingerprint density at radius 3 is 2.24 bits per heavy atom. The quantitative estimate of drug-likeness (QED) is 0.145. The van der Waals surface area contributed by atoms with Crippen molar-refractivity contribution >= 4 is 33.8 Å². The summed E-state index contributed by atoms with van der Waals surface area (Å²) in [4.78, 5) is 49.8. The molecule has 0 aliphatic carbocycles. The highest BCUT2D eigenvalue weighted by Gasteiger charge is 2.33. The Morgan fingerprint density at radius 1 is 1.00 bits per heavy atom. The van der Waals surface area contributed by atoms with Crippen molar-refractivity contribution in [2.75, 3.05) is 14.2 Å². The number of ether oxygens (including phenoxy) is 3. The van der Waals surface area contributed by atoms with E-state index in [2.05, 4.69) is 31.2 Å². The van der Waals surface area contributed by atoms with Gasteiger partial charge in [0.2, 0.25) is 11.8 Å². The first kappa shape index (κ1) is 37.0. The normalized spacial score (nSPS) is 12.5.